The molecule has 6 heteroatoms. The molecule has 0 aromatic carbocycles. The van der Waals surface area contributed by atoms with Gasteiger partial charge in [0.25, 0.3) is 0 Å². The van der Waals surface area contributed by atoms with Crippen LogP contribution in [0.3, 0.4) is 0 Å². The number of aliphatic hydroxyl groups is 1. The second kappa shape index (κ2) is 7.23. The van der Waals surface area contributed by atoms with Gasteiger partial charge in [0.2, 0.25) is 5.88 Å². The Kier molecular flexibility index (Phi) is 5.25. The molecular formula is C18H29N3O3. The summed E-state index contributed by atoms with van der Waals surface area (Å²) in [6.45, 7) is 8.95. The van der Waals surface area contributed by atoms with E-state index in [4.69, 9.17) is 9.47 Å². The minimum Gasteiger partial charge on any atom is -0.476 e. The van der Waals surface area contributed by atoms with Crippen molar-refractivity contribution in [2.24, 2.45) is 11.8 Å². The van der Waals surface area contributed by atoms with Crippen molar-refractivity contribution in [3.05, 3.63) is 12.4 Å². The Morgan fingerprint density at radius 2 is 2.29 bits per heavy atom. The van der Waals surface area contributed by atoms with Gasteiger partial charge in [0.15, 0.2) is 5.82 Å². The van der Waals surface area contributed by atoms with Gasteiger partial charge >= 0.3 is 0 Å². The first kappa shape index (κ1) is 17.4. The fourth-order valence-corrected chi connectivity index (χ4v) is 3.67. The first-order valence-electron chi connectivity index (χ1n) is 8.99. The van der Waals surface area contributed by atoms with Crippen LogP contribution >= 0.6 is 0 Å². The average molecular weight is 335 g/mol. The minimum atomic E-state index is -0.690. The molecule has 0 amide bonds. The molecular weight excluding hydrogens is 306 g/mol. The quantitative estimate of drug-likeness (QED) is 0.890. The van der Waals surface area contributed by atoms with E-state index < -0.39 is 5.60 Å². The van der Waals surface area contributed by atoms with Crippen molar-refractivity contribution in [2.75, 3.05) is 31.3 Å². The monoisotopic (exact) mass is 335 g/mol. The van der Waals surface area contributed by atoms with E-state index in [1.165, 1.54) is 0 Å². The van der Waals surface area contributed by atoms with Crippen molar-refractivity contribution >= 4 is 5.82 Å². The Hall–Kier alpha value is -1.40. The number of ether oxygens (including phenoxy) is 2. The fourth-order valence-electron chi connectivity index (χ4n) is 3.67. The van der Waals surface area contributed by atoms with E-state index in [0.717, 1.165) is 25.2 Å². The number of anilines is 1. The van der Waals surface area contributed by atoms with Gasteiger partial charge in [0, 0.05) is 25.1 Å². The molecule has 1 N–H and O–H groups in total. The maximum absolute atomic E-state index is 10.8. The van der Waals surface area contributed by atoms with E-state index in [2.05, 4.69) is 28.7 Å². The van der Waals surface area contributed by atoms with Crippen molar-refractivity contribution in [3.63, 3.8) is 0 Å². The van der Waals surface area contributed by atoms with Crippen molar-refractivity contribution < 1.29 is 14.6 Å². The van der Waals surface area contributed by atoms with Crippen LogP contribution in [-0.2, 0) is 4.74 Å². The molecule has 0 bridgehead atoms. The van der Waals surface area contributed by atoms with Gasteiger partial charge in [-0.25, -0.2) is 0 Å². The Bertz CT molecular complexity index is 550. The summed E-state index contributed by atoms with van der Waals surface area (Å²) in [5.41, 5.74) is -0.690. The summed E-state index contributed by atoms with van der Waals surface area (Å²) < 4.78 is 11.4. The molecule has 1 aromatic rings. The number of hydrogen-bond donors (Lipinski definition) is 1. The van der Waals surface area contributed by atoms with Crippen LogP contribution < -0.4 is 9.64 Å². The molecule has 134 valence electrons. The highest BCUT2D eigenvalue weighted by Gasteiger charge is 2.44. The molecule has 0 aliphatic carbocycles. The summed E-state index contributed by atoms with van der Waals surface area (Å²) in [7, 11) is 0. The van der Waals surface area contributed by atoms with Crippen LogP contribution in [0.1, 0.15) is 40.0 Å². The normalized spacial score (nSPS) is 30.8. The van der Waals surface area contributed by atoms with Gasteiger partial charge in [-0.1, -0.05) is 13.8 Å². The maximum Gasteiger partial charge on any atom is 0.234 e. The van der Waals surface area contributed by atoms with Gasteiger partial charge in [-0.15, -0.1) is 0 Å². The molecule has 2 fully saturated rings. The third kappa shape index (κ3) is 3.81. The van der Waals surface area contributed by atoms with E-state index in [-0.39, 0.29) is 12.0 Å². The molecule has 2 aliphatic heterocycles. The lowest BCUT2D eigenvalue weighted by atomic mass is 9.79. The fraction of sp³-hybridized carbons (Fsp3) is 0.778. The molecule has 3 heterocycles. The molecule has 3 rings (SSSR count). The van der Waals surface area contributed by atoms with Crippen LogP contribution in [0.5, 0.6) is 5.88 Å². The Morgan fingerprint density at radius 3 is 3.04 bits per heavy atom. The molecule has 0 radical (unpaired) electrons. The van der Waals surface area contributed by atoms with Crippen LogP contribution in [0.25, 0.3) is 0 Å². The molecule has 6 nitrogen and oxygen atoms in total. The van der Waals surface area contributed by atoms with E-state index in [9.17, 15) is 5.11 Å². The summed E-state index contributed by atoms with van der Waals surface area (Å²) in [6, 6.07) is 0.231. The maximum atomic E-state index is 10.8. The standard InChI is InChI=1S/C18H29N3O3/c1-13(2)11-24-17-10-19-9-16(20-17)21-7-4-5-15(21)14-12-23-8-6-18(14,3)22/h9-10,13-15,22H,4-8,11-12H2,1-3H3/t14-,15-,18-/m1/s1. The summed E-state index contributed by atoms with van der Waals surface area (Å²) in [6.07, 6.45) is 6.28. The Morgan fingerprint density at radius 1 is 1.46 bits per heavy atom. The topological polar surface area (TPSA) is 67.7 Å². The average Bonchev–Trinajstić information content (AvgIpc) is 3.02. The van der Waals surface area contributed by atoms with Crippen LogP contribution in [0.4, 0.5) is 5.82 Å². The second-order valence-electron chi connectivity index (χ2n) is 7.61. The number of nitrogens with zero attached hydrogens (tertiary/aromatic N) is 3. The third-order valence-electron chi connectivity index (χ3n) is 5.07. The zero-order valence-corrected chi connectivity index (χ0v) is 14.9. The predicted molar refractivity (Wildman–Crippen MR) is 92.3 cm³/mol. The number of rotatable bonds is 5. The lowest BCUT2D eigenvalue weighted by Crippen LogP contribution is -2.52. The molecule has 0 saturated carbocycles. The van der Waals surface area contributed by atoms with Crippen LogP contribution in [0.15, 0.2) is 12.4 Å². The predicted octanol–water partition coefficient (Wildman–Crippen LogP) is 2.27. The largest absolute Gasteiger partial charge is 0.476 e. The number of hydrogen-bond acceptors (Lipinski definition) is 6. The summed E-state index contributed by atoms with van der Waals surface area (Å²) in [5, 5.41) is 10.8. The van der Waals surface area contributed by atoms with Gasteiger partial charge in [-0.3, -0.25) is 4.98 Å². The van der Waals surface area contributed by atoms with Gasteiger partial charge < -0.3 is 19.5 Å². The lowest BCUT2D eigenvalue weighted by molar-refractivity contribution is -0.108. The molecule has 2 aliphatic rings. The first-order chi connectivity index (χ1) is 11.5. The van der Waals surface area contributed by atoms with E-state index in [1.54, 1.807) is 12.4 Å². The Labute approximate surface area is 144 Å². The lowest BCUT2D eigenvalue weighted by Gasteiger charge is -2.43. The Balaban J connectivity index is 1.76. The summed E-state index contributed by atoms with van der Waals surface area (Å²) in [4.78, 5) is 11.2. The highest BCUT2D eigenvalue weighted by Crippen LogP contribution is 2.37. The van der Waals surface area contributed by atoms with E-state index >= 15 is 0 Å². The van der Waals surface area contributed by atoms with Crippen molar-refractivity contribution in [2.45, 2.75) is 51.7 Å². The molecule has 1 aromatic heterocycles. The van der Waals surface area contributed by atoms with Crippen LogP contribution in [0, 0.1) is 11.8 Å². The third-order valence-corrected chi connectivity index (χ3v) is 5.07. The van der Waals surface area contributed by atoms with Crippen LogP contribution in [0.2, 0.25) is 0 Å². The highest BCUT2D eigenvalue weighted by molar-refractivity contribution is 5.41. The van der Waals surface area contributed by atoms with E-state index in [0.29, 0.717) is 38.0 Å². The second-order valence-corrected chi connectivity index (χ2v) is 7.61. The molecule has 0 unspecified atom stereocenters. The molecule has 2 saturated heterocycles. The van der Waals surface area contributed by atoms with Gasteiger partial charge in [0.05, 0.1) is 31.2 Å². The zero-order valence-electron chi connectivity index (χ0n) is 14.9. The summed E-state index contributed by atoms with van der Waals surface area (Å²) >= 11 is 0. The summed E-state index contributed by atoms with van der Waals surface area (Å²) in [5.74, 6) is 1.94. The first-order valence-corrected chi connectivity index (χ1v) is 8.99. The smallest absolute Gasteiger partial charge is 0.234 e. The van der Waals surface area contributed by atoms with E-state index in [1.807, 2.05) is 6.92 Å². The van der Waals surface area contributed by atoms with Crippen molar-refractivity contribution in [1.82, 2.24) is 9.97 Å². The van der Waals surface area contributed by atoms with Gasteiger partial charge in [-0.2, -0.15) is 4.98 Å². The van der Waals surface area contributed by atoms with Crippen molar-refractivity contribution in [3.8, 4) is 5.88 Å². The SMILES string of the molecule is CC(C)COc1cncc(N2CCC[C@@H]2[C@H]2COCC[C@@]2(C)O)n1. The van der Waals surface area contributed by atoms with Gasteiger partial charge in [0.1, 0.15) is 0 Å². The van der Waals surface area contributed by atoms with Gasteiger partial charge in [-0.05, 0) is 32.1 Å². The molecule has 24 heavy (non-hydrogen) atoms. The zero-order chi connectivity index (χ0) is 17.2. The van der Waals surface area contributed by atoms with Crippen molar-refractivity contribution in [1.29, 1.82) is 0 Å². The van der Waals surface area contributed by atoms with Crippen LogP contribution in [-0.4, -0.2) is 53.1 Å². The molecule has 3 atom stereocenters. The highest BCUT2D eigenvalue weighted by atomic mass is 16.5. The minimum absolute atomic E-state index is 0.0933. The number of aromatic nitrogens is 2. The molecule has 0 spiro atoms.